The monoisotopic (exact) mass is 411 g/mol. The highest BCUT2D eigenvalue weighted by molar-refractivity contribution is 5.80. The van der Waals surface area contributed by atoms with E-state index in [0.717, 1.165) is 36.8 Å². The van der Waals surface area contributed by atoms with E-state index in [0.29, 0.717) is 25.6 Å². The van der Waals surface area contributed by atoms with Crippen LogP contribution in [-0.2, 0) is 19.1 Å². The number of aromatic nitrogens is 4. The van der Waals surface area contributed by atoms with Gasteiger partial charge in [0.05, 0.1) is 18.7 Å². The van der Waals surface area contributed by atoms with Crippen LogP contribution in [-0.4, -0.2) is 51.4 Å². The number of alkyl halides is 3. The standard InChI is InChI=1S/C18H24F3N7O/c1-3-22-17(26-14-5-6-15-25-12(2)27-28(15)11-14)23-8-9-29-16-7-4-13(10-24-16)18(19,20)21/h4,7,10,14H,3,5-6,8-9,11H2,1-2H3,(H2,22,23,26). The van der Waals surface area contributed by atoms with Gasteiger partial charge in [0, 0.05) is 31.3 Å². The van der Waals surface area contributed by atoms with Crippen LogP contribution < -0.4 is 15.4 Å². The van der Waals surface area contributed by atoms with Gasteiger partial charge in [0.15, 0.2) is 5.96 Å². The second-order valence-electron chi connectivity index (χ2n) is 6.63. The highest BCUT2D eigenvalue weighted by atomic mass is 19.4. The zero-order valence-electron chi connectivity index (χ0n) is 16.3. The topological polar surface area (TPSA) is 89.2 Å². The van der Waals surface area contributed by atoms with Gasteiger partial charge in [0.2, 0.25) is 5.88 Å². The van der Waals surface area contributed by atoms with Crippen molar-refractivity contribution in [1.82, 2.24) is 30.4 Å². The SMILES string of the molecule is CCNC(=NCCOc1ccc(C(F)(F)F)cn1)NC1CCc2nc(C)nn2C1. The van der Waals surface area contributed by atoms with Crippen LogP contribution in [0.2, 0.25) is 0 Å². The Balaban J connectivity index is 1.49. The predicted octanol–water partition coefficient (Wildman–Crippen LogP) is 1.95. The van der Waals surface area contributed by atoms with Crippen molar-refractivity contribution in [2.75, 3.05) is 19.7 Å². The molecule has 0 bridgehead atoms. The van der Waals surface area contributed by atoms with E-state index in [9.17, 15) is 13.2 Å². The van der Waals surface area contributed by atoms with E-state index in [1.165, 1.54) is 6.07 Å². The fourth-order valence-corrected chi connectivity index (χ4v) is 3.01. The first kappa shape index (κ1) is 20.9. The van der Waals surface area contributed by atoms with Gasteiger partial charge in [-0.15, -0.1) is 0 Å². The summed E-state index contributed by atoms with van der Waals surface area (Å²) in [5.74, 6) is 2.56. The quantitative estimate of drug-likeness (QED) is 0.429. The van der Waals surface area contributed by atoms with Crippen molar-refractivity contribution in [3.8, 4) is 5.88 Å². The molecule has 0 aliphatic carbocycles. The molecule has 0 fully saturated rings. The molecule has 0 radical (unpaired) electrons. The van der Waals surface area contributed by atoms with Gasteiger partial charge in [-0.1, -0.05) is 0 Å². The summed E-state index contributed by atoms with van der Waals surface area (Å²) in [4.78, 5) is 12.5. The van der Waals surface area contributed by atoms with Gasteiger partial charge in [-0.25, -0.2) is 19.6 Å². The minimum atomic E-state index is -4.41. The summed E-state index contributed by atoms with van der Waals surface area (Å²) < 4.78 is 44.9. The van der Waals surface area contributed by atoms with E-state index in [-0.39, 0.29) is 18.5 Å². The van der Waals surface area contributed by atoms with E-state index >= 15 is 0 Å². The normalized spacial score (nSPS) is 17.0. The summed E-state index contributed by atoms with van der Waals surface area (Å²) in [6, 6.07) is 2.33. The first-order valence-corrected chi connectivity index (χ1v) is 9.46. The van der Waals surface area contributed by atoms with Crippen molar-refractivity contribution >= 4 is 5.96 Å². The molecule has 3 heterocycles. The maximum Gasteiger partial charge on any atom is 0.417 e. The zero-order chi connectivity index (χ0) is 20.9. The molecule has 1 unspecified atom stereocenters. The van der Waals surface area contributed by atoms with Crippen LogP contribution in [0.15, 0.2) is 23.3 Å². The van der Waals surface area contributed by atoms with Crippen molar-refractivity contribution in [2.24, 2.45) is 4.99 Å². The van der Waals surface area contributed by atoms with Gasteiger partial charge in [-0.05, 0) is 26.3 Å². The molecule has 0 aromatic carbocycles. The molecule has 0 spiro atoms. The van der Waals surface area contributed by atoms with E-state index in [2.05, 4.69) is 30.7 Å². The summed E-state index contributed by atoms with van der Waals surface area (Å²) in [6.45, 7) is 5.80. The van der Waals surface area contributed by atoms with Crippen LogP contribution >= 0.6 is 0 Å². The predicted molar refractivity (Wildman–Crippen MR) is 101 cm³/mol. The zero-order valence-corrected chi connectivity index (χ0v) is 16.3. The average Bonchev–Trinajstić information content (AvgIpc) is 3.04. The molecule has 2 N–H and O–H groups in total. The molecule has 0 amide bonds. The highest BCUT2D eigenvalue weighted by Crippen LogP contribution is 2.29. The second-order valence-corrected chi connectivity index (χ2v) is 6.63. The number of nitrogens with zero attached hydrogens (tertiary/aromatic N) is 5. The van der Waals surface area contributed by atoms with Gasteiger partial charge < -0.3 is 15.4 Å². The lowest BCUT2D eigenvalue weighted by atomic mass is 10.1. The number of halogens is 3. The van der Waals surface area contributed by atoms with Gasteiger partial charge in [0.1, 0.15) is 18.3 Å². The minimum Gasteiger partial charge on any atom is -0.476 e. The van der Waals surface area contributed by atoms with E-state index in [1.54, 1.807) is 0 Å². The molecule has 0 saturated carbocycles. The Kier molecular flexibility index (Phi) is 6.55. The minimum absolute atomic E-state index is 0.132. The van der Waals surface area contributed by atoms with Crippen LogP contribution in [0.1, 0.15) is 30.6 Å². The fraction of sp³-hybridized carbons (Fsp3) is 0.556. The molecule has 11 heteroatoms. The Labute approximate surface area is 166 Å². The molecule has 2 aromatic heterocycles. The molecule has 0 saturated heterocycles. The lowest BCUT2D eigenvalue weighted by Gasteiger charge is -2.25. The Hall–Kier alpha value is -2.85. The molecule has 158 valence electrons. The molecule has 1 aliphatic rings. The summed E-state index contributed by atoms with van der Waals surface area (Å²) in [5, 5.41) is 11.0. The van der Waals surface area contributed by atoms with Gasteiger partial charge >= 0.3 is 6.18 Å². The van der Waals surface area contributed by atoms with Crippen molar-refractivity contribution in [3.05, 3.63) is 35.5 Å². The molecular weight excluding hydrogens is 387 g/mol. The van der Waals surface area contributed by atoms with Gasteiger partial charge in [-0.2, -0.15) is 18.3 Å². The van der Waals surface area contributed by atoms with Crippen LogP contribution in [0.5, 0.6) is 5.88 Å². The van der Waals surface area contributed by atoms with Crippen molar-refractivity contribution in [3.63, 3.8) is 0 Å². The number of rotatable bonds is 6. The summed E-state index contributed by atoms with van der Waals surface area (Å²) in [6.07, 6.45) is -1.88. The van der Waals surface area contributed by atoms with Gasteiger partial charge in [-0.3, -0.25) is 0 Å². The molecule has 1 aliphatic heterocycles. The van der Waals surface area contributed by atoms with Crippen LogP contribution in [0.4, 0.5) is 13.2 Å². The summed E-state index contributed by atoms with van der Waals surface area (Å²) >= 11 is 0. The average molecular weight is 411 g/mol. The van der Waals surface area contributed by atoms with Crippen LogP contribution in [0.3, 0.4) is 0 Å². The maximum absolute atomic E-state index is 12.5. The Morgan fingerprint density at radius 2 is 2.21 bits per heavy atom. The maximum atomic E-state index is 12.5. The van der Waals surface area contributed by atoms with Gasteiger partial charge in [0.25, 0.3) is 0 Å². The number of nitrogens with one attached hydrogen (secondary N) is 2. The largest absolute Gasteiger partial charge is 0.476 e. The molecule has 2 aromatic rings. The lowest BCUT2D eigenvalue weighted by molar-refractivity contribution is -0.137. The van der Waals surface area contributed by atoms with Crippen LogP contribution in [0.25, 0.3) is 0 Å². The number of hydrogen-bond acceptors (Lipinski definition) is 5. The molecule has 3 rings (SSSR count). The third-order valence-corrected chi connectivity index (χ3v) is 4.32. The van der Waals surface area contributed by atoms with E-state index < -0.39 is 11.7 Å². The van der Waals surface area contributed by atoms with E-state index in [1.807, 2.05) is 18.5 Å². The number of ether oxygens (including phenoxy) is 1. The third kappa shape index (κ3) is 5.81. The number of hydrogen-bond donors (Lipinski definition) is 2. The smallest absolute Gasteiger partial charge is 0.417 e. The van der Waals surface area contributed by atoms with Crippen molar-refractivity contribution < 1.29 is 17.9 Å². The third-order valence-electron chi connectivity index (χ3n) is 4.32. The molecule has 29 heavy (non-hydrogen) atoms. The van der Waals surface area contributed by atoms with E-state index in [4.69, 9.17) is 4.74 Å². The first-order valence-electron chi connectivity index (χ1n) is 9.46. The highest BCUT2D eigenvalue weighted by Gasteiger charge is 2.30. The fourth-order valence-electron chi connectivity index (χ4n) is 3.01. The second kappa shape index (κ2) is 9.10. The Morgan fingerprint density at radius 1 is 1.38 bits per heavy atom. The summed E-state index contributed by atoms with van der Waals surface area (Å²) in [5.41, 5.74) is -0.806. The Bertz CT molecular complexity index is 833. The number of aliphatic imine (C=N–C) groups is 1. The van der Waals surface area contributed by atoms with Crippen LogP contribution in [0, 0.1) is 6.92 Å². The first-order chi connectivity index (χ1) is 13.8. The number of fused-ring (bicyclic) bond motifs is 1. The number of pyridine rings is 1. The molecular formula is C18H24F3N7O. The van der Waals surface area contributed by atoms with Crippen molar-refractivity contribution in [2.45, 2.75) is 45.5 Å². The number of guanidine groups is 1. The Morgan fingerprint density at radius 3 is 2.90 bits per heavy atom. The number of aryl methyl sites for hydroxylation is 2. The lowest BCUT2D eigenvalue weighted by Crippen LogP contribution is -2.47. The van der Waals surface area contributed by atoms with Crippen molar-refractivity contribution in [1.29, 1.82) is 0 Å². The molecule has 1 atom stereocenters. The summed E-state index contributed by atoms with van der Waals surface area (Å²) in [7, 11) is 0. The molecule has 8 nitrogen and oxygen atoms in total.